The lowest BCUT2D eigenvalue weighted by molar-refractivity contribution is 0.178. The van der Waals surface area contributed by atoms with E-state index in [1.165, 1.54) is 0 Å². The second-order valence-corrected chi connectivity index (χ2v) is 4.40. The molecule has 1 saturated carbocycles. The third-order valence-electron chi connectivity index (χ3n) is 3.23. The van der Waals surface area contributed by atoms with E-state index in [1.54, 1.807) is 0 Å². The highest BCUT2D eigenvalue weighted by Gasteiger charge is 2.25. The van der Waals surface area contributed by atoms with Gasteiger partial charge in [-0.2, -0.15) is 4.98 Å². The number of anilines is 2. The van der Waals surface area contributed by atoms with E-state index in [-0.39, 0.29) is 30.3 Å². The van der Waals surface area contributed by atoms with Gasteiger partial charge < -0.3 is 16.2 Å². The van der Waals surface area contributed by atoms with Crippen LogP contribution >= 0.6 is 0 Å². The van der Waals surface area contributed by atoms with Crippen LogP contribution in [0.3, 0.4) is 0 Å². The second kappa shape index (κ2) is 5.27. The fourth-order valence-corrected chi connectivity index (χ4v) is 2.27. The largest absolute Gasteiger partial charge is 0.396 e. The summed E-state index contributed by atoms with van der Waals surface area (Å²) in [5.74, 6) is -0.186. The first kappa shape index (κ1) is 12.0. The van der Waals surface area contributed by atoms with Crippen LogP contribution in [-0.4, -0.2) is 27.7 Å². The summed E-state index contributed by atoms with van der Waals surface area (Å²) >= 11 is 0. The molecule has 1 fully saturated rings. The molecule has 1 aromatic heterocycles. The lowest BCUT2D eigenvalue weighted by atomic mass is 9.85. The zero-order chi connectivity index (χ0) is 12.3. The van der Waals surface area contributed by atoms with E-state index in [0.717, 1.165) is 31.9 Å². The first-order valence-corrected chi connectivity index (χ1v) is 5.86. The van der Waals surface area contributed by atoms with E-state index in [1.807, 2.05) is 0 Å². The third-order valence-corrected chi connectivity index (χ3v) is 3.23. The molecule has 1 aliphatic rings. The lowest BCUT2D eigenvalue weighted by Crippen LogP contribution is -2.35. The summed E-state index contributed by atoms with van der Waals surface area (Å²) in [5.41, 5.74) is 5.42. The number of hydrogen-bond donors (Lipinski definition) is 3. The van der Waals surface area contributed by atoms with Crippen molar-refractivity contribution in [1.82, 2.24) is 9.97 Å². The number of nitrogens with zero attached hydrogens (tertiary/aromatic N) is 2. The van der Waals surface area contributed by atoms with Gasteiger partial charge in [0.15, 0.2) is 11.6 Å². The number of nitrogen functional groups attached to an aromatic ring is 1. The van der Waals surface area contributed by atoms with Crippen molar-refractivity contribution in [1.29, 1.82) is 0 Å². The van der Waals surface area contributed by atoms with Crippen LogP contribution in [0.2, 0.25) is 0 Å². The van der Waals surface area contributed by atoms with Crippen molar-refractivity contribution in [3.8, 4) is 0 Å². The molecule has 6 heteroatoms. The molecule has 2 atom stereocenters. The number of hydrogen-bond acceptors (Lipinski definition) is 5. The van der Waals surface area contributed by atoms with Gasteiger partial charge in [0, 0.05) is 18.6 Å². The van der Waals surface area contributed by atoms with Gasteiger partial charge in [-0.25, -0.2) is 9.37 Å². The van der Waals surface area contributed by atoms with Gasteiger partial charge in [0.05, 0.1) is 6.20 Å². The maximum atomic E-state index is 13.5. The molecule has 0 bridgehead atoms. The average Bonchev–Trinajstić information content (AvgIpc) is 2.34. The van der Waals surface area contributed by atoms with Gasteiger partial charge in [0.1, 0.15) is 0 Å². The number of rotatable bonds is 3. The van der Waals surface area contributed by atoms with E-state index in [2.05, 4.69) is 15.3 Å². The SMILES string of the molecule is Nc1ncc(F)c(NC2CCCCC2CO)n1. The Hall–Kier alpha value is -1.43. The molecule has 1 heterocycles. The van der Waals surface area contributed by atoms with Crippen molar-refractivity contribution in [2.75, 3.05) is 17.7 Å². The molecule has 0 saturated heterocycles. The smallest absolute Gasteiger partial charge is 0.222 e. The molecule has 4 N–H and O–H groups in total. The number of aliphatic hydroxyl groups excluding tert-OH is 1. The monoisotopic (exact) mass is 240 g/mol. The molecule has 0 spiro atoms. The van der Waals surface area contributed by atoms with E-state index in [0.29, 0.717) is 0 Å². The predicted molar refractivity (Wildman–Crippen MR) is 62.9 cm³/mol. The summed E-state index contributed by atoms with van der Waals surface area (Å²) in [6.45, 7) is 0.111. The van der Waals surface area contributed by atoms with E-state index >= 15 is 0 Å². The molecule has 1 aliphatic carbocycles. The van der Waals surface area contributed by atoms with Gasteiger partial charge in [-0.15, -0.1) is 0 Å². The molecule has 2 unspecified atom stereocenters. The summed E-state index contributed by atoms with van der Waals surface area (Å²) in [7, 11) is 0. The van der Waals surface area contributed by atoms with Crippen LogP contribution in [-0.2, 0) is 0 Å². The van der Waals surface area contributed by atoms with Crippen molar-refractivity contribution < 1.29 is 9.50 Å². The first-order valence-electron chi connectivity index (χ1n) is 5.86. The van der Waals surface area contributed by atoms with Crippen LogP contribution < -0.4 is 11.1 Å². The highest BCUT2D eigenvalue weighted by Crippen LogP contribution is 2.27. The van der Waals surface area contributed by atoms with Gasteiger partial charge in [-0.1, -0.05) is 12.8 Å². The number of aliphatic hydroxyl groups is 1. The Bertz CT molecular complexity index is 388. The molecule has 0 amide bonds. The third kappa shape index (κ3) is 2.82. The molecule has 0 aliphatic heterocycles. The maximum absolute atomic E-state index is 13.5. The van der Waals surface area contributed by atoms with Gasteiger partial charge in [-0.05, 0) is 12.8 Å². The lowest BCUT2D eigenvalue weighted by Gasteiger charge is -2.31. The second-order valence-electron chi connectivity index (χ2n) is 4.40. The van der Waals surface area contributed by atoms with Crippen molar-refractivity contribution >= 4 is 11.8 Å². The molecule has 1 aromatic rings. The number of halogens is 1. The number of nitrogens with two attached hydrogens (primary N) is 1. The summed E-state index contributed by atoms with van der Waals surface area (Å²) in [4.78, 5) is 7.41. The minimum atomic E-state index is -0.513. The fourth-order valence-electron chi connectivity index (χ4n) is 2.27. The Morgan fingerprint density at radius 1 is 1.47 bits per heavy atom. The van der Waals surface area contributed by atoms with Gasteiger partial charge in [0.25, 0.3) is 0 Å². The Morgan fingerprint density at radius 2 is 2.24 bits per heavy atom. The standard InChI is InChI=1S/C11H17FN4O/c12-8-5-14-11(13)16-10(8)15-9-4-2-1-3-7(9)6-17/h5,7,9,17H,1-4,6H2,(H3,13,14,15,16). The molecular weight excluding hydrogens is 223 g/mol. The van der Waals surface area contributed by atoms with Gasteiger partial charge in [0.2, 0.25) is 5.95 Å². The normalized spacial score (nSPS) is 24.6. The van der Waals surface area contributed by atoms with E-state index in [9.17, 15) is 9.50 Å². The Balaban J connectivity index is 2.10. The average molecular weight is 240 g/mol. The van der Waals surface area contributed by atoms with E-state index < -0.39 is 5.82 Å². The summed E-state index contributed by atoms with van der Waals surface area (Å²) in [5, 5.41) is 12.3. The molecule has 5 nitrogen and oxygen atoms in total. The van der Waals surface area contributed by atoms with Crippen molar-refractivity contribution in [3.63, 3.8) is 0 Å². The van der Waals surface area contributed by atoms with Crippen molar-refractivity contribution in [2.45, 2.75) is 31.7 Å². The minimum absolute atomic E-state index is 0.0465. The van der Waals surface area contributed by atoms with Crippen molar-refractivity contribution in [2.24, 2.45) is 5.92 Å². The van der Waals surface area contributed by atoms with Gasteiger partial charge in [-0.3, -0.25) is 0 Å². The van der Waals surface area contributed by atoms with Crippen molar-refractivity contribution in [3.05, 3.63) is 12.0 Å². The zero-order valence-electron chi connectivity index (χ0n) is 9.56. The maximum Gasteiger partial charge on any atom is 0.222 e. The number of nitrogens with one attached hydrogen (secondary N) is 1. The Kier molecular flexibility index (Phi) is 3.73. The highest BCUT2D eigenvalue weighted by molar-refractivity contribution is 5.40. The minimum Gasteiger partial charge on any atom is -0.396 e. The van der Waals surface area contributed by atoms with E-state index in [4.69, 9.17) is 5.73 Å². The predicted octanol–water partition coefficient (Wildman–Crippen LogP) is 1.16. The molecule has 94 valence electrons. The van der Waals surface area contributed by atoms with Crippen LogP contribution in [0.25, 0.3) is 0 Å². The molecule has 0 aromatic carbocycles. The molecular formula is C11H17FN4O. The summed E-state index contributed by atoms with van der Waals surface area (Å²) in [6, 6.07) is 0.0533. The Morgan fingerprint density at radius 3 is 3.00 bits per heavy atom. The van der Waals surface area contributed by atoms with Crippen LogP contribution in [0.4, 0.5) is 16.2 Å². The highest BCUT2D eigenvalue weighted by atomic mass is 19.1. The Labute approximate surface area is 99.3 Å². The fraction of sp³-hybridized carbons (Fsp3) is 0.636. The summed E-state index contributed by atoms with van der Waals surface area (Å²) in [6.07, 6.45) is 5.11. The first-order chi connectivity index (χ1) is 8.20. The van der Waals surface area contributed by atoms with Crippen LogP contribution in [0.5, 0.6) is 0 Å². The van der Waals surface area contributed by atoms with Crippen LogP contribution in [0, 0.1) is 11.7 Å². The van der Waals surface area contributed by atoms with Crippen LogP contribution in [0.1, 0.15) is 25.7 Å². The zero-order valence-corrected chi connectivity index (χ0v) is 9.56. The summed E-state index contributed by atoms with van der Waals surface area (Å²) < 4.78 is 13.5. The van der Waals surface area contributed by atoms with Gasteiger partial charge >= 0.3 is 0 Å². The van der Waals surface area contributed by atoms with Crippen LogP contribution in [0.15, 0.2) is 6.20 Å². The molecule has 17 heavy (non-hydrogen) atoms. The number of aromatic nitrogens is 2. The molecule has 2 rings (SSSR count). The molecule has 0 radical (unpaired) electrons. The topological polar surface area (TPSA) is 84.1 Å². The quantitative estimate of drug-likeness (QED) is 0.738.